The maximum atomic E-state index is 8.34. The van der Waals surface area contributed by atoms with Crippen LogP contribution in [0.5, 0.6) is 0 Å². The highest BCUT2D eigenvalue weighted by Gasteiger charge is 1.97. The summed E-state index contributed by atoms with van der Waals surface area (Å²) in [5.41, 5.74) is 0. The molecule has 0 fully saturated rings. The highest BCUT2D eigenvalue weighted by Crippen LogP contribution is 1.84. The predicted molar refractivity (Wildman–Crippen MR) is 40.6 cm³/mol. The quantitative estimate of drug-likeness (QED) is 0.656. The van der Waals surface area contributed by atoms with Gasteiger partial charge < -0.3 is 5.32 Å². The third-order valence-corrected chi connectivity index (χ3v) is 1.01. The fraction of sp³-hybridized carbons (Fsp3) is 0.833. The Balaban J connectivity index is 0. The van der Waals surface area contributed by atoms with Crippen LogP contribution in [0.3, 0.4) is 0 Å². The monoisotopic (exact) mass is 148 g/mol. The molecular formula is C6H13ClN2. The van der Waals surface area contributed by atoms with Crippen LogP contribution in [0.15, 0.2) is 0 Å². The van der Waals surface area contributed by atoms with Crippen molar-refractivity contribution in [2.45, 2.75) is 26.3 Å². The van der Waals surface area contributed by atoms with E-state index in [1.807, 2.05) is 13.8 Å². The van der Waals surface area contributed by atoms with Crippen LogP contribution < -0.4 is 5.32 Å². The van der Waals surface area contributed by atoms with Crippen molar-refractivity contribution >= 4 is 12.4 Å². The van der Waals surface area contributed by atoms with E-state index in [4.69, 9.17) is 5.26 Å². The summed E-state index contributed by atoms with van der Waals surface area (Å²) in [7, 11) is 0. The molecule has 1 unspecified atom stereocenters. The van der Waals surface area contributed by atoms with Gasteiger partial charge in [-0.05, 0) is 13.0 Å². The molecule has 0 saturated heterocycles. The van der Waals surface area contributed by atoms with Crippen molar-refractivity contribution in [3.8, 4) is 6.07 Å². The second-order valence-electron chi connectivity index (χ2n) is 1.65. The zero-order valence-electron chi connectivity index (χ0n) is 5.85. The molecule has 1 N–H and O–H groups in total. The Kier molecular flexibility index (Phi) is 9.91. The van der Waals surface area contributed by atoms with Crippen LogP contribution in [-0.4, -0.2) is 12.6 Å². The standard InChI is InChI=1S/C6H12N2.ClH/c1-3-6(5-7)8-4-2;/h6,8H,3-4H2,1-2H3;1H. The lowest BCUT2D eigenvalue weighted by Gasteiger charge is -2.03. The molecule has 0 bridgehead atoms. The van der Waals surface area contributed by atoms with E-state index in [0.29, 0.717) is 0 Å². The van der Waals surface area contributed by atoms with Crippen molar-refractivity contribution in [3.63, 3.8) is 0 Å². The van der Waals surface area contributed by atoms with E-state index >= 15 is 0 Å². The van der Waals surface area contributed by atoms with Gasteiger partial charge >= 0.3 is 0 Å². The van der Waals surface area contributed by atoms with Crippen LogP contribution in [0.1, 0.15) is 20.3 Å². The van der Waals surface area contributed by atoms with Gasteiger partial charge in [-0.1, -0.05) is 13.8 Å². The molecule has 1 atom stereocenters. The van der Waals surface area contributed by atoms with Gasteiger partial charge in [-0.25, -0.2) is 0 Å². The number of halogens is 1. The van der Waals surface area contributed by atoms with E-state index < -0.39 is 0 Å². The van der Waals surface area contributed by atoms with E-state index in [1.54, 1.807) is 0 Å². The highest BCUT2D eigenvalue weighted by molar-refractivity contribution is 5.85. The molecular weight excluding hydrogens is 136 g/mol. The SMILES string of the molecule is CCNC(C#N)CC.Cl. The maximum Gasteiger partial charge on any atom is 0.0950 e. The summed E-state index contributed by atoms with van der Waals surface area (Å²) in [6, 6.07) is 2.20. The molecule has 0 aromatic rings. The minimum absolute atomic E-state index is 0. The van der Waals surface area contributed by atoms with Crippen LogP contribution in [0.2, 0.25) is 0 Å². The zero-order chi connectivity index (χ0) is 6.41. The molecule has 0 amide bonds. The molecule has 0 aliphatic heterocycles. The van der Waals surface area contributed by atoms with E-state index in [-0.39, 0.29) is 18.4 Å². The molecule has 9 heavy (non-hydrogen) atoms. The second kappa shape index (κ2) is 7.74. The molecule has 0 aromatic heterocycles. The first kappa shape index (κ1) is 11.5. The first-order valence-corrected chi connectivity index (χ1v) is 2.98. The molecule has 54 valence electrons. The van der Waals surface area contributed by atoms with Crippen molar-refractivity contribution in [3.05, 3.63) is 0 Å². The zero-order valence-corrected chi connectivity index (χ0v) is 6.66. The minimum atomic E-state index is 0. The number of nitriles is 1. The summed E-state index contributed by atoms with van der Waals surface area (Å²) in [4.78, 5) is 0. The number of nitrogens with one attached hydrogen (secondary N) is 1. The summed E-state index contributed by atoms with van der Waals surface area (Å²) in [5, 5.41) is 11.4. The summed E-state index contributed by atoms with van der Waals surface area (Å²) < 4.78 is 0. The van der Waals surface area contributed by atoms with Gasteiger partial charge in [0.2, 0.25) is 0 Å². The van der Waals surface area contributed by atoms with Gasteiger partial charge in [0.05, 0.1) is 12.1 Å². The molecule has 0 aromatic carbocycles. The fourth-order valence-electron chi connectivity index (χ4n) is 0.528. The summed E-state index contributed by atoms with van der Waals surface area (Å²) >= 11 is 0. The van der Waals surface area contributed by atoms with E-state index in [1.165, 1.54) is 0 Å². The van der Waals surface area contributed by atoms with E-state index in [9.17, 15) is 0 Å². The molecule has 3 heteroatoms. The molecule has 0 aliphatic carbocycles. The first-order valence-electron chi connectivity index (χ1n) is 2.98. The Morgan fingerprint density at radius 2 is 2.11 bits per heavy atom. The van der Waals surface area contributed by atoms with Crippen molar-refractivity contribution < 1.29 is 0 Å². The highest BCUT2D eigenvalue weighted by atomic mass is 35.5. The molecule has 0 heterocycles. The topological polar surface area (TPSA) is 35.8 Å². The third-order valence-electron chi connectivity index (χ3n) is 1.01. The Morgan fingerprint density at radius 3 is 2.22 bits per heavy atom. The molecule has 0 spiro atoms. The lowest BCUT2D eigenvalue weighted by atomic mass is 10.2. The normalized spacial score (nSPS) is 11.2. The van der Waals surface area contributed by atoms with Gasteiger partial charge in [0.15, 0.2) is 0 Å². The van der Waals surface area contributed by atoms with Crippen LogP contribution in [0.25, 0.3) is 0 Å². The molecule has 0 radical (unpaired) electrons. The fourth-order valence-corrected chi connectivity index (χ4v) is 0.528. The summed E-state index contributed by atoms with van der Waals surface area (Å²) in [6.07, 6.45) is 0.893. The van der Waals surface area contributed by atoms with E-state index in [0.717, 1.165) is 13.0 Å². The molecule has 0 rings (SSSR count). The van der Waals surface area contributed by atoms with Crippen molar-refractivity contribution in [2.75, 3.05) is 6.54 Å². The van der Waals surface area contributed by atoms with Gasteiger partial charge in [-0.15, -0.1) is 12.4 Å². The van der Waals surface area contributed by atoms with Gasteiger partial charge in [-0.3, -0.25) is 0 Å². The van der Waals surface area contributed by atoms with Gasteiger partial charge in [0, 0.05) is 0 Å². The lowest BCUT2D eigenvalue weighted by Crippen LogP contribution is -2.25. The van der Waals surface area contributed by atoms with Crippen molar-refractivity contribution in [1.29, 1.82) is 5.26 Å². The van der Waals surface area contributed by atoms with Gasteiger partial charge in [0.1, 0.15) is 0 Å². The second-order valence-corrected chi connectivity index (χ2v) is 1.65. The Hall–Kier alpha value is -0.260. The molecule has 2 nitrogen and oxygen atoms in total. The predicted octanol–water partition coefficient (Wildman–Crippen LogP) is 1.32. The van der Waals surface area contributed by atoms with Gasteiger partial charge in [0.25, 0.3) is 0 Å². The summed E-state index contributed by atoms with van der Waals surface area (Å²) in [5.74, 6) is 0. The van der Waals surface area contributed by atoms with Crippen LogP contribution in [-0.2, 0) is 0 Å². The lowest BCUT2D eigenvalue weighted by molar-refractivity contribution is 0.609. The van der Waals surface area contributed by atoms with Crippen molar-refractivity contribution in [2.24, 2.45) is 0 Å². The number of hydrogen-bond donors (Lipinski definition) is 1. The summed E-state index contributed by atoms with van der Waals surface area (Å²) in [6.45, 7) is 4.88. The Labute approximate surface area is 62.7 Å². The Morgan fingerprint density at radius 1 is 1.56 bits per heavy atom. The smallest absolute Gasteiger partial charge is 0.0950 e. The van der Waals surface area contributed by atoms with Crippen LogP contribution in [0.4, 0.5) is 0 Å². The van der Waals surface area contributed by atoms with Crippen LogP contribution >= 0.6 is 12.4 Å². The number of hydrogen-bond acceptors (Lipinski definition) is 2. The third kappa shape index (κ3) is 5.61. The first-order chi connectivity index (χ1) is 3.85. The Bertz CT molecular complexity index is 87.5. The maximum absolute atomic E-state index is 8.34. The largest absolute Gasteiger partial charge is 0.302 e. The van der Waals surface area contributed by atoms with Crippen LogP contribution in [0, 0.1) is 11.3 Å². The molecule has 0 aliphatic rings. The average Bonchev–Trinajstić information content (AvgIpc) is 1.83. The van der Waals surface area contributed by atoms with E-state index in [2.05, 4.69) is 11.4 Å². The number of nitrogens with zero attached hydrogens (tertiary/aromatic N) is 1. The van der Waals surface area contributed by atoms with Gasteiger partial charge in [-0.2, -0.15) is 5.26 Å². The average molecular weight is 149 g/mol. The number of rotatable bonds is 3. The van der Waals surface area contributed by atoms with Crippen molar-refractivity contribution in [1.82, 2.24) is 5.32 Å². The minimum Gasteiger partial charge on any atom is -0.302 e. The molecule has 0 saturated carbocycles.